The van der Waals surface area contributed by atoms with E-state index in [0.29, 0.717) is 34.7 Å². The zero-order valence-corrected chi connectivity index (χ0v) is 20.5. The summed E-state index contributed by atoms with van der Waals surface area (Å²) in [5.74, 6) is -1.25. The third kappa shape index (κ3) is 4.82. The number of anilines is 2. The Morgan fingerprint density at radius 3 is 1.89 bits per heavy atom. The Labute approximate surface area is 219 Å². The first-order valence-corrected chi connectivity index (χ1v) is 11.9. The average molecular weight is 507 g/mol. The largest absolute Gasteiger partial charge is 0.497 e. The molecule has 4 aromatic rings. The molecule has 4 aromatic carbocycles. The summed E-state index contributed by atoms with van der Waals surface area (Å²) in [5.41, 5.74) is 2.52. The molecule has 0 atom stereocenters. The number of carbonyl (C=O) groups is 3. The van der Waals surface area contributed by atoms with Gasteiger partial charge in [-0.3, -0.25) is 9.59 Å². The summed E-state index contributed by atoms with van der Waals surface area (Å²) in [5, 5.41) is 0. The summed E-state index contributed by atoms with van der Waals surface area (Å²) < 4.78 is 19.2. The number of halogens is 1. The lowest BCUT2D eigenvalue weighted by atomic mass is 9.96. The van der Waals surface area contributed by atoms with Gasteiger partial charge in [0, 0.05) is 0 Å². The molecule has 4 amide bonds. The molecule has 38 heavy (non-hydrogen) atoms. The molecule has 0 aliphatic carbocycles. The summed E-state index contributed by atoms with van der Waals surface area (Å²) in [6.45, 7) is 0. The average Bonchev–Trinajstić information content (AvgIpc) is 2.93. The molecule has 1 aliphatic rings. The summed E-state index contributed by atoms with van der Waals surface area (Å²) in [4.78, 5) is 42.9. The smallest absolute Gasteiger partial charge is 0.343 e. The first-order valence-electron chi connectivity index (χ1n) is 11.9. The number of urea groups is 1. The van der Waals surface area contributed by atoms with Crippen LogP contribution in [-0.2, 0) is 16.0 Å². The van der Waals surface area contributed by atoms with Gasteiger partial charge in [0.15, 0.2) is 0 Å². The normalized spacial score (nSPS) is 13.6. The Hall–Kier alpha value is -5.04. The third-order valence-electron chi connectivity index (χ3n) is 6.21. The second-order valence-electron chi connectivity index (χ2n) is 8.66. The molecule has 0 spiro atoms. The fourth-order valence-corrected chi connectivity index (χ4v) is 4.36. The number of ether oxygens (including phenoxy) is 1. The van der Waals surface area contributed by atoms with E-state index < -0.39 is 17.8 Å². The fourth-order valence-electron chi connectivity index (χ4n) is 4.36. The highest BCUT2D eigenvalue weighted by Gasteiger charge is 2.43. The maximum atomic E-state index is 13.9. The van der Waals surface area contributed by atoms with Gasteiger partial charge in [-0.1, -0.05) is 54.6 Å². The van der Waals surface area contributed by atoms with Crippen LogP contribution >= 0.6 is 0 Å². The molecule has 1 aliphatic heterocycles. The zero-order valence-electron chi connectivity index (χ0n) is 20.5. The fraction of sp³-hybridized carbons (Fsp3) is 0.0645. The second kappa shape index (κ2) is 10.5. The first-order chi connectivity index (χ1) is 18.5. The van der Waals surface area contributed by atoms with Crippen molar-refractivity contribution in [2.75, 3.05) is 16.9 Å². The van der Waals surface area contributed by atoms with Gasteiger partial charge in [-0.15, -0.1) is 0 Å². The molecule has 0 aromatic heterocycles. The number of para-hydroxylation sites is 2. The topological polar surface area (TPSA) is 66.9 Å². The number of carbonyl (C=O) groups excluding carboxylic acids is 3. The first kappa shape index (κ1) is 24.6. The lowest BCUT2D eigenvalue weighted by Gasteiger charge is -2.34. The van der Waals surface area contributed by atoms with E-state index in [1.165, 1.54) is 25.3 Å². The Bertz CT molecular complexity index is 1490. The van der Waals surface area contributed by atoms with Crippen LogP contribution in [0, 0.1) is 5.82 Å². The standard InChI is InChI=1S/C31H23FN2O4/c1-38-27-16-15-22(23(19-27)17-21-9-8-10-24(32)18-21)20-28-29(35)33(25-11-4-2-5-12-25)31(37)34(30(28)36)26-13-6-3-7-14-26/h2-16,18-20H,17H2,1H3. The van der Waals surface area contributed by atoms with E-state index in [-0.39, 0.29) is 11.4 Å². The number of amides is 4. The minimum Gasteiger partial charge on any atom is -0.497 e. The third-order valence-corrected chi connectivity index (χ3v) is 6.21. The number of nitrogens with zero attached hydrogens (tertiary/aromatic N) is 2. The Morgan fingerprint density at radius 2 is 1.34 bits per heavy atom. The predicted molar refractivity (Wildman–Crippen MR) is 143 cm³/mol. The Morgan fingerprint density at radius 1 is 0.737 bits per heavy atom. The maximum Gasteiger partial charge on any atom is 0.343 e. The molecule has 0 bridgehead atoms. The van der Waals surface area contributed by atoms with Crippen molar-refractivity contribution in [1.29, 1.82) is 0 Å². The minimum atomic E-state index is -0.760. The molecule has 0 N–H and O–H groups in total. The van der Waals surface area contributed by atoms with Gasteiger partial charge in [0.2, 0.25) is 0 Å². The van der Waals surface area contributed by atoms with E-state index in [1.807, 2.05) is 0 Å². The number of methoxy groups -OCH3 is 1. The van der Waals surface area contributed by atoms with Crippen LogP contribution in [0.15, 0.2) is 109 Å². The summed E-state index contributed by atoms with van der Waals surface area (Å²) in [7, 11) is 1.54. The van der Waals surface area contributed by atoms with Gasteiger partial charge in [0.05, 0.1) is 18.5 Å². The van der Waals surface area contributed by atoms with Crippen LogP contribution < -0.4 is 14.5 Å². The molecule has 1 heterocycles. The Balaban J connectivity index is 1.64. The highest BCUT2D eigenvalue weighted by atomic mass is 19.1. The van der Waals surface area contributed by atoms with E-state index in [4.69, 9.17) is 4.74 Å². The van der Waals surface area contributed by atoms with Crippen LogP contribution in [0.25, 0.3) is 6.08 Å². The molecule has 0 unspecified atom stereocenters. The summed E-state index contributed by atoms with van der Waals surface area (Å²) in [6, 6.07) is 27.6. The quantitative estimate of drug-likeness (QED) is 0.237. The monoisotopic (exact) mass is 506 g/mol. The van der Waals surface area contributed by atoms with Crippen molar-refractivity contribution in [2.24, 2.45) is 0 Å². The number of benzene rings is 4. The van der Waals surface area contributed by atoms with Crippen LogP contribution in [-0.4, -0.2) is 25.0 Å². The van der Waals surface area contributed by atoms with E-state index in [0.717, 1.165) is 15.4 Å². The van der Waals surface area contributed by atoms with Gasteiger partial charge in [-0.05, 0) is 77.7 Å². The van der Waals surface area contributed by atoms with Gasteiger partial charge >= 0.3 is 6.03 Å². The van der Waals surface area contributed by atoms with Crippen LogP contribution in [0.4, 0.5) is 20.6 Å². The van der Waals surface area contributed by atoms with E-state index >= 15 is 0 Å². The number of hydrogen-bond donors (Lipinski definition) is 0. The van der Waals surface area contributed by atoms with Crippen LogP contribution in [0.1, 0.15) is 16.7 Å². The molecule has 188 valence electrons. The van der Waals surface area contributed by atoms with E-state index in [9.17, 15) is 18.8 Å². The van der Waals surface area contributed by atoms with Crippen molar-refractivity contribution >= 4 is 35.3 Å². The van der Waals surface area contributed by atoms with Crippen LogP contribution in [0.2, 0.25) is 0 Å². The molecular formula is C31H23FN2O4. The zero-order chi connectivity index (χ0) is 26.6. The van der Waals surface area contributed by atoms with Crippen molar-refractivity contribution in [3.05, 3.63) is 131 Å². The SMILES string of the molecule is COc1ccc(C=C2C(=O)N(c3ccccc3)C(=O)N(c3ccccc3)C2=O)c(Cc2cccc(F)c2)c1. The van der Waals surface area contributed by atoms with Crippen LogP contribution in [0.5, 0.6) is 5.75 Å². The highest BCUT2D eigenvalue weighted by molar-refractivity contribution is 6.46. The molecule has 5 rings (SSSR count). The summed E-state index contributed by atoms with van der Waals surface area (Å²) >= 11 is 0. The van der Waals surface area contributed by atoms with Gasteiger partial charge in [0.25, 0.3) is 11.8 Å². The minimum absolute atomic E-state index is 0.178. The van der Waals surface area contributed by atoms with Crippen LogP contribution in [0.3, 0.4) is 0 Å². The number of barbiturate groups is 1. The van der Waals surface area contributed by atoms with E-state index in [2.05, 4.69) is 0 Å². The molecule has 0 radical (unpaired) electrons. The molecule has 6 nitrogen and oxygen atoms in total. The molecule has 7 heteroatoms. The van der Waals surface area contributed by atoms with Crippen molar-refractivity contribution < 1.29 is 23.5 Å². The number of rotatable bonds is 6. The van der Waals surface area contributed by atoms with Gasteiger partial charge in [-0.2, -0.15) is 0 Å². The van der Waals surface area contributed by atoms with Crippen molar-refractivity contribution in [1.82, 2.24) is 0 Å². The number of hydrogen-bond acceptors (Lipinski definition) is 4. The Kier molecular flexibility index (Phi) is 6.82. The van der Waals surface area contributed by atoms with Gasteiger partial charge in [0.1, 0.15) is 17.1 Å². The molecule has 1 saturated heterocycles. The van der Waals surface area contributed by atoms with Crippen molar-refractivity contribution in [3.8, 4) is 5.75 Å². The lowest BCUT2D eigenvalue weighted by molar-refractivity contribution is -0.121. The highest BCUT2D eigenvalue weighted by Crippen LogP contribution is 2.31. The van der Waals surface area contributed by atoms with E-state index in [1.54, 1.807) is 91.0 Å². The maximum absolute atomic E-state index is 13.9. The predicted octanol–water partition coefficient (Wildman–Crippen LogP) is 6.01. The van der Waals surface area contributed by atoms with Gasteiger partial charge in [-0.25, -0.2) is 19.0 Å². The number of imide groups is 2. The summed E-state index contributed by atoms with van der Waals surface area (Å²) in [6.07, 6.45) is 1.82. The lowest BCUT2D eigenvalue weighted by Crippen LogP contribution is -2.57. The molecular weight excluding hydrogens is 483 g/mol. The molecule has 0 saturated carbocycles. The van der Waals surface area contributed by atoms with Crippen molar-refractivity contribution in [3.63, 3.8) is 0 Å². The van der Waals surface area contributed by atoms with Crippen molar-refractivity contribution in [2.45, 2.75) is 6.42 Å². The second-order valence-corrected chi connectivity index (χ2v) is 8.66. The molecule has 1 fully saturated rings. The van der Waals surface area contributed by atoms with Gasteiger partial charge < -0.3 is 4.74 Å².